The van der Waals surface area contributed by atoms with Crippen molar-refractivity contribution in [1.82, 2.24) is 9.55 Å². The zero-order chi connectivity index (χ0) is 14.1. The molecule has 1 aliphatic rings. The van der Waals surface area contributed by atoms with Gasteiger partial charge < -0.3 is 15.0 Å². The number of nitrogens with zero attached hydrogens (tertiary/aromatic N) is 2. The van der Waals surface area contributed by atoms with E-state index < -0.39 is 0 Å². The molecule has 20 heavy (non-hydrogen) atoms. The van der Waals surface area contributed by atoms with Gasteiger partial charge in [-0.05, 0) is 50.8 Å². The first-order chi connectivity index (χ1) is 9.63. The molecule has 3 rings (SSSR count). The minimum atomic E-state index is 0.164. The van der Waals surface area contributed by atoms with Crippen molar-refractivity contribution >= 4 is 11.0 Å². The van der Waals surface area contributed by atoms with Crippen LogP contribution >= 0.6 is 0 Å². The highest BCUT2D eigenvalue weighted by molar-refractivity contribution is 5.80. The van der Waals surface area contributed by atoms with E-state index in [0.717, 1.165) is 31.5 Å². The fraction of sp³-hybridized carbons (Fsp3) is 0.562. The molecule has 2 aromatic rings. The monoisotopic (exact) mass is 273 g/mol. The normalized spacial score (nSPS) is 24.4. The molecule has 0 amide bonds. The molecule has 4 nitrogen and oxygen atoms in total. The second kappa shape index (κ2) is 5.54. The zero-order valence-electron chi connectivity index (χ0n) is 12.2. The van der Waals surface area contributed by atoms with Crippen molar-refractivity contribution in [3.05, 3.63) is 30.1 Å². The number of pyridine rings is 1. The average molecular weight is 273 g/mol. The Morgan fingerprint density at radius 3 is 3.05 bits per heavy atom. The number of aromatic nitrogens is 2. The lowest BCUT2D eigenvalue weighted by atomic mass is 10.1. The molecule has 2 N–H and O–H groups in total. The summed E-state index contributed by atoms with van der Waals surface area (Å²) in [5, 5.41) is 1.22. The second-order valence-corrected chi connectivity index (χ2v) is 6.01. The van der Waals surface area contributed by atoms with Crippen molar-refractivity contribution in [1.29, 1.82) is 0 Å². The van der Waals surface area contributed by atoms with Gasteiger partial charge in [0.05, 0.1) is 18.8 Å². The maximum absolute atomic E-state index is 5.95. The molecule has 108 valence electrons. The zero-order valence-corrected chi connectivity index (χ0v) is 12.2. The Bertz CT molecular complexity index is 590. The van der Waals surface area contributed by atoms with Crippen LogP contribution in [0.1, 0.15) is 32.3 Å². The largest absolute Gasteiger partial charge is 0.373 e. The molecule has 0 radical (unpaired) electrons. The van der Waals surface area contributed by atoms with Gasteiger partial charge in [-0.25, -0.2) is 4.98 Å². The van der Waals surface area contributed by atoms with Crippen LogP contribution in [0.2, 0.25) is 0 Å². The first-order valence-electron chi connectivity index (χ1n) is 7.47. The van der Waals surface area contributed by atoms with E-state index in [1.807, 2.05) is 19.2 Å². The first-order valence-corrected chi connectivity index (χ1v) is 7.47. The Kier molecular flexibility index (Phi) is 3.76. The molecule has 4 heteroatoms. The Morgan fingerprint density at radius 2 is 2.35 bits per heavy atom. The van der Waals surface area contributed by atoms with E-state index in [-0.39, 0.29) is 6.04 Å². The van der Waals surface area contributed by atoms with Crippen LogP contribution in [0.3, 0.4) is 0 Å². The number of hydrogen-bond donors (Lipinski definition) is 1. The highest BCUT2D eigenvalue weighted by Crippen LogP contribution is 2.25. The molecule has 3 heterocycles. The van der Waals surface area contributed by atoms with Crippen molar-refractivity contribution in [3.8, 4) is 0 Å². The minimum Gasteiger partial charge on any atom is -0.373 e. The molecule has 3 atom stereocenters. The van der Waals surface area contributed by atoms with E-state index >= 15 is 0 Å². The second-order valence-electron chi connectivity index (χ2n) is 6.01. The van der Waals surface area contributed by atoms with Gasteiger partial charge in [0.2, 0.25) is 0 Å². The maximum atomic E-state index is 5.95. The van der Waals surface area contributed by atoms with Crippen LogP contribution in [0.25, 0.3) is 11.0 Å². The highest BCUT2D eigenvalue weighted by Gasteiger charge is 2.23. The van der Waals surface area contributed by atoms with Gasteiger partial charge in [-0.2, -0.15) is 0 Å². The van der Waals surface area contributed by atoms with Crippen LogP contribution in [-0.4, -0.2) is 27.8 Å². The number of nitrogens with two attached hydrogens (primary N) is 1. The fourth-order valence-corrected chi connectivity index (χ4v) is 3.08. The highest BCUT2D eigenvalue weighted by atomic mass is 16.5. The number of hydrogen-bond acceptors (Lipinski definition) is 3. The van der Waals surface area contributed by atoms with Crippen molar-refractivity contribution in [2.45, 2.75) is 57.9 Å². The standard InChI is InChI=1S/C16H23N3O/c1-11(17)8-13-9-19(10-14-6-5-12(2)20-14)16-15(13)4-3-7-18-16/h3-4,7,9,11-12,14H,5-6,8,10,17H2,1-2H3. The fourth-order valence-electron chi connectivity index (χ4n) is 3.08. The van der Waals surface area contributed by atoms with E-state index in [1.54, 1.807) is 0 Å². The van der Waals surface area contributed by atoms with Crippen LogP contribution in [0, 0.1) is 0 Å². The van der Waals surface area contributed by atoms with Gasteiger partial charge in [0.25, 0.3) is 0 Å². The summed E-state index contributed by atoms with van der Waals surface area (Å²) in [5.41, 5.74) is 8.29. The molecule has 3 unspecified atom stereocenters. The lowest BCUT2D eigenvalue weighted by Crippen LogP contribution is -2.18. The molecule has 1 saturated heterocycles. The molecule has 1 aliphatic heterocycles. The third kappa shape index (κ3) is 2.72. The van der Waals surface area contributed by atoms with Gasteiger partial charge in [-0.15, -0.1) is 0 Å². The minimum absolute atomic E-state index is 0.164. The summed E-state index contributed by atoms with van der Waals surface area (Å²) in [6.45, 7) is 5.08. The molecule has 1 fully saturated rings. The molecular weight excluding hydrogens is 250 g/mol. The smallest absolute Gasteiger partial charge is 0.140 e. The number of ether oxygens (including phenoxy) is 1. The van der Waals surface area contributed by atoms with E-state index in [1.165, 1.54) is 10.9 Å². The summed E-state index contributed by atoms with van der Waals surface area (Å²) >= 11 is 0. The van der Waals surface area contributed by atoms with Gasteiger partial charge in [0, 0.05) is 23.8 Å². The van der Waals surface area contributed by atoms with E-state index in [9.17, 15) is 0 Å². The molecule has 0 aromatic carbocycles. The van der Waals surface area contributed by atoms with Gasteiger partial charge >= 0.3 is 0 Å². The van der Waals surface area contributed by atoms with Crippen molar-refractivity contribution < 1.29 is 4.74 Å². The molecule has 0 bridgehead atoms. The molecule has 0 aliphatic carbocycles. The van der Waals surface area contributed by atoms with Gasteiger partial charge in [-0.1, -0.05) is 0 Å². The van der Waals surface area contributed by atoms with E-state index in [4.69, 9.17) is 10.5 Å². The Balaban J connectivity index is 1.90. The quantitative estimate of drug-likeness (QED) is 0.931. The average Bonchev–Trinajstić information content (AvgIpc) is 2.95. The summed E-state index contributed by atoms with van der Waals surface area (Å²) in [4.78, 5) is 4.54. The SMILES string of the molecule is CC(N)Cc1cn(CC2CCC(C)O2)c2ncccc12. The van der Waals surface area contributed by atoms with Crippen LogP contribution in [0.5, 0.6) is 0 Å². The summed E-state index contributed by atoms with van der Waals surface area (Å²) in [6.07, 6.45) is 7.93. The maximum Gasteiger partial charge on any atom is 0.140 e. The Labute approximate surface area is 119 Å². The van der Waals surface area contributed by atoms with Crippen LogP contribution in [0.15, 0.2) is 24.5 Å². The van der Waals surface area contributed by atoms with Crippen molar-refractivity contribution in [2.24, 2.45) is 5.73 Å². The van der Waals surface area contributed by atoms with Crippen LogP contribution in [0.4, 0.5) is 0 Å². The van der Waals surface area contributed by atoms with Crippen molar-refractivity contribution in [3.63, 3.8) is 0 Å². The lowest BCUT2D eigenvalue weighted by Gasteiger charge is -2.12. The predicted molar refractivity (Wildman–Crippen MR) is 80.7 cm³/mol. The summed E-state index contributed by atoms with van der Waals surface area (Å²) < 4.78 is 8.16. The van der Waals surface area contributed by atoms with Crippen molar-refractivity contribution in [2.75, 3.05) is 0 Å². The predicted octanol–water partition coefficient (Wildman–Crippen LogP) is 2.49. The van der Waals surface area contributed by atoms with Gasteiger partial charge in [-0.3, -0.25) is 0 Å². The molecule has 0 saturated carbocycles. The molecule has 0 spiro atoms. The van der Waals surface area contributed by atoms with E-state index in [2.05, 4.69) is 28.7 Å². The van der Waals surface area contributed by atoms with Gasteiger partial charge in [0.15, 0.2) is 0 Å². The first kappa shape index (κ1) is 13.6. The third-order valence-corrected chi connectivity index (χ3v) is 3.98. The van der Waals surface area contributed by atoms with E-state index in [0.29, 0.717) is 12.2 Å². The summed E-state index contributed by atoms with van der Waals surface area (Å²) in [7, 11) is 0. The third-order valence-electron chi connectivity index (χ3n) is 3.98. The Morgan fingerprint density at radius 1 is 1.50 bits per heavy atom. The number of fused-ring (bicyclic) bond motifs is 1. The Hall–Kier alpha value is -1.39. The topological polar surface area (TPSA) is 53.1 Å². The molecular formula is C16H23N3O. The summed E-state index contributed by atoms with van der Waals surface area (Å²) in [6, 6.07) is 4.29. The number of rotatable bonds is 4. The van der Waals surface area contributed by atoms with Gasteiger partial charge in [0.1, 0.15) is 5.65 Å². The van der Waals surface area contributed by atoms with Crippen LogP contribution < -0.4 is 5.73 Å². The lowest BCUT2D eigenvalue weighted by molar-refractivity contribution is 0.0464. The summed E-state index contributed by atoms with van der Waals surface area (Å²) in [5.74, 6) is 0. The molecule has 2 aromatic heterocycles. The van der Waals surface area contributed by atoms with Crippen LogP contribution in [-0.2, 0) is 17.7 Å².